The third-order valence-corrected chi connectivity index (χ3v) is 4.08. The first-order valence-electron chi connectivity index (χ1n) is 7.68. The van der Waals surface area contributed by atoms with E-state index in [1.807, 2.05) is 43.3 Å². The van der Waals surface area contributed by atoms with E-state index >= 15 is 0 Å². The van der Waals surface area contributed by atoms with Gasteiger partial charge >= 0.3 is 0 Å². The van der Waals surface area contributed by atoms with Gasteiger partial charge < -0.3 is 10.6 Å². The molecule has 1 aromatic heterocycles. The molecular formula is C18H19N3O2. The van der Waals surface area contributed by atoms with Crippen LogP contribution in [0.25, 0.3) is 0 Å². The van der Waals surface area contributed by atoms with Crippen molar-refractivity contribution in [3.05, 3.63) is 59.9 Å². The van der Waals surface area contributed by atoms with Crippen molar-refractivity contribution in [3.8, 4) is 0 Å². The van der Waals surface area contributed by atoms with Crippen LogP contribution in [0.5, 0.6) is 0 Å². The number of para-hydroxylation sites is 1. The molecule has 2 aromatic rings. The Labute approximate surface area is 135 Å². The van der Waals surface area contributed by atoms with E-state index in [4.69, 9.17) is 0 Å². The van der Waals surface area contributed by atoms with Crippen molar-refractivity contribution in [1.29, 1.82) is 0 Å². The number of aromatic nitrogens is 1. The molecule has 2 N–H and O–H groups in total. The van der Waals surface area contributed by atoms with Gasteiger partial charge in [0.05, 0.1) is 11.8 Å². The SMILES string of the molecule is Cc1ccccc1NC(=O)C1CC1C(=O)NCc1ccncc1. The van der Waals surface area contributed by atoms with Crippen LogP contribution in [0.1, 0.15) is 17.5 Å². The third kappa shape index (κ3) is 3.74. The van der Waals surface area contributed by atoms with Crippen LogP contribution >= 0.6 is 0 Å². The first-order valence-corrected chi connectivity index (χ1v) is 7.68. The Balaban J connectivity index is 1.49. The maximum atomic E-state index is 12.2. The molecule has 1 saturated carbocycles. The normalized spacial score (nSPS) is 19.0. The van der Waals surface area contributed by atoms with Crippen molar-refractivity contribution in [2.75, 3.05) is 5.32 Å². The summed E-state index contributed by atoms with van der Waals surface area (Å²) in [6.07, 6.45) is 3.99. The van der Waals surface area contributed by atoms with E-state index in [2.05, 4.69) is 15.6 Å². The monoisotopic (exact) mass is 309 g/mol. The molecule has 0 bridgehead atoms. The molecule has 1 aliphatic carbocycles. The second kappa shape index (κ2) is 6.60. The highest BCUT2D eigenvalue weighted by Crippen LogP contribution is 2.39. The second-order valence-corrected chi connectivity index (χ2v) is 5.83. The predicted molar refractivity (Wildman–Crippen MR) is 87.5 cm³/mol. The smallest absolute Gasteiger partial charge is 0.228 e. The number of anilines is 1. The summed E-state index contributed by atoms with van der Waals surface area (Å²) in [4.78, 5) is 28.3. The van der Waals surface area contributed by atoms with Gasteiger partial charge in [-0.1, -0.05) is 18.2 Å². The quantitative estimate of drug-likeness (QED) is 0.890. The van der Waals surface area contributed by atoms with E-state index in [0.29, 0.717) is 13.0 Å². The zero-order valence-electron chi connectivity index (χ0n) is 13.0. The van der Waals surface area contributed by atoms with Gasteiger partial charge in [-0.2, -0.15) is 0 Å². The fraction of sp³-hybridized carbons (Fsp3) is 0.278. The number of hydrogen-bond acceptors (Lipinski definition) is 3. The van der Waals surface area contributed by atoms with Crippen LogP contribution in [0, 0.1) is 18.8 Å². The zero-order valence-corrected chi connectivity index (χ0v) is 13.0. The summed E-state index contributed by atoms with van der Waals surface area (Å²) in [7, 11) is 0. The number of nitrogens with zero attached hydrogens (tertiary/aromatic N) is 1. The Bertz CT molecular complexity index is 715. The minimum atomic E-state index is -0.230. The van der Waals surface area contributed by atoms with Crippen molar-refractivity contribution in [2.45, 2.75) is 19.9 Å². The number of nitrogens with one attached hydrogen (secondary N) is 2. The highest BCUT2D eigenvalue weighted by molar-refractivity contribution is 5.99. The highest BCUT2D eigenvalue weighted by atomic mass is 16.2. The van der Waals surface area contributed by atoms with Gasteiger partial charge in [0.2, 0.25) is 11.8 Å². The molecule has 5 heteroatoms. The molecule has 0 spiro atoms. The Morgan fingerprint density at radius 2 is 1.78 bits per heavy atom. The van der Waals surface area contributed by atoms with Crippen LogP contribution in [-0.4, -0.2) is 16.8 Å². The average molecular weight is 309 g/mol. The van der Waals surface area contributed by atoms with Crippen LogP contribution in [-0.2, 0) is 16.1 Å². The van der Waals surface area contributed by atoms with Crippen molar-refractivity contribution in [1.82, 2.24) is 10.3 Å². The van der Waals surface area contributed by atoms with Crippen molar-refractivity contribution in [3.63, 3.8) is 0 Å². The van der Waals surface area contributed by atoms with E-state index in [0.717, 1.165) is 16.8 Å². The molecule has 3 rings (SSSR count). The molecule has 0 aliphatic heterocycles. The molecule has 0 radical (unpaired) electrons. The summed E-state index contributed by atoms with van der Waals surface area (Å²) in [5.74, 6) is -0.594. The van der Waals surface area contributed by atoms with Crippen molar-refractivity contribution >= 4 is 17.5 Å². The van der Waals surface area contributed by atoms with Gasteiger partial charge in [-0.3, -0.25) is 14.6 Å². The molecule has 1 aromatic carbocycles. The number of pyridine rings is 1. The van der Waals surface area contributed by atoms with Crippen LogP contribution < -0.4 is 10.6 Å². The Morgan fingerprint density at radius 1 is 1.09 bits per heavy atom. The zero-order chi connectivity index (χ0) is 16.2. The van der Waals surface area contributed by atoms with Gasteiger partial charge in [0.1, 0.15) is 0 Å². The van der Waals surface area contributed by atoms with E-state index < -0.39 is 0 Å². The molecule has 1 heterocycles. The number of rotatable bonds is 5. The molecular weight excluding hydrogens is 290 g/mol. The molecule has 0 saturated heterocycles. The molecule has 118 valence electrons. The number of carbonyl (C=O) groups excluding carboxylic acids is 2. The van der Waals surface area contributed by atoms with E-state index in [9.17, 15) is 9.59 Å². The summed E-state index contributed by atoms with van der Waals surface area (Å²) in [5, 5.41) is 5.78. The Hall–Kier alpha value is -2.69. The maximum absolute atomic E-state index is 12.2. The molecule has 5 nitrogen and oxygen atoms in total. The lowest BCUT2D eigenvalue weighted by Gasteiger charge is -2.08. The fourth-order valence-corrected chi connectivity index (χ4v) is 2.53. The molecule has 1 aliphatic rings. The molecule has 2 atom stereocenters. The molecule has 1 fully saturated rings. The lowest BCUT2D eigenvalue weighted by molar-refractivity contribution is -0.125. The van der Waals surface area contributed by atoms with Crippen molar-refractivity contribution in [2.24, 2.45) is 11.8 Å². The summed E-state index contributed by atoms with van der Waals surface area (Å²) in [5.41, 5.74) is 2.82. The molecule has 2 unspecified atom stereocenters. The molecule has 23 heavy (non-hydrogen) atoms. The first-order chi connectivity index (χ1) is 11.1. The number of carbonyl (C=O) groups is 2. The van der Waals surface area contributed by atoms with E-state index in [1.54, 1.807) is 12.4 Å². The summed E-state index contributed by atoms with van der Waals surface area (Å²) in [6, 6.07) is 11.3. The number of amides is 2. The van der Waals surface area contributed by atoms with Crippen molar-refractivity contribution < 1.29 is 9.59 Å². The number of aryl methyl sites for hydroxylation is 1. The second-order valence-electron chi connectivity index (χ2n) is 5.83. The Kier molecular flexibility index (Phi) is 4.37. The minimum Gasteiger partial charge on any atom is -0.352 e. The van der Waals surface area contributed by atoms with E-state index in [1.165, 1.54) is 0 Å². The van der Waals surface area contributed by atoms with Gasteiger partial charge in [-0.25, -0.2) is 0 Å². The van der Waals surface area contributed by atoms with Gasteiger partial charge in [-0.15, -0.1) is 0 Å². The Morgan fingerprint density at radius 3 is 2.52 bits per heavy atom. The lowest BCUT2D eigenvalue weighted by Crippen LogP contribution is -2.27. The minimum absolute atomic E-state index is 0.0632. The van der Waals surface area contributed by atoms with Gasteiger partial charge in [-0.05, 0) is 42.7 Å². The first kappa shape index (κ1) is 15.2. The standard InChI is InChI=1S/C18H19N3O2/c1-12-4-2-3-5-16(12)21-18(23)15-10-14(15)17(22)20-11-13-6-8-19-9-7-13/h2-9,14-15H,10-11H2,1H3,(H,20,22)(H,21,23). The topological polar surface area (TPSA) is 71.1 Å². The lowest BCUT2D eigenvalue weighted by atomic mass is 10.2. The average Bonchev–Trinajstić information content (AvgIpc) is 3.36. The largest absolute Gasteiger partial charge is 0.352 e. The summed E-state index contributed by atoms with van der Waals surface area (Å²) in [6.45, 7) is 2.41. The van der Waals surface area contributed by atoms with Gasteiger partial charge in [0.25, 0.3) is 0 Å². The number of benzene rings is 1. The fourth-order valence-electron chi connectivity index (χ4n) is 2.53. The number of hydrogen-bond donors (Lipinski definition) is 2. The summed E-state index contributed by atoms with van der Waals surface area (Å²) < 4.78 is 0. The van der Waals surface area contributed by atoms with Crippen LogP contribution in [0.4, 0.5) is 5.69 Å². The maximum Gasteiger partial charge on any atom is 0.228 e. The third-order valence-electron chi connectivity index (χ3n) is 4.08. The molecule has 2 amide bonds. The van der Waals surface area contributed by atoms with E-state index in [-0.39, 0.29) is 23.7 Å². The van der Waals surface area contributed by atoms with Gasteiger partial charge in [0, 0.05) is 24.6 Å². The van der Waals surface area contributed by atoms with Gasteiger partial charge in [0.15, 0.2) is 0 Å². The van der Waals surface area contributed by atoms with Crippen LogP contribution in [0.2, 0.25) is 0 Å². The predicted octanol–water partition coefficient (Wildman–Crippen LogP) is 2.28. The highest BCUT2D eigenvalue weighted by Gasteiger charge is 2.47. The summed E-state index contributed by atoms with van der Waals surface area (Å²) >= 11 is 0. The van der Waals surface area contributed by atoms with Crippen LogP contribution in [0.3, 0.4) is 0 Å². The van der Waals surface area contributed by atoms with Crippen LogP contribution in [0.15, 0.2) is 48.8 Å².